The maximum Gasteiger partial charge on any atom is 0.267 e. The first-order valence-corrected chi connectivity index (χ1v) is 8.41. The van der Waals surface area contributed by atoms with Gasteiger partial charge in [0, 0.05) is 22.4 Å². The molecule has 1 atom stereocenters. The molecule has 0 aliphatic heterocycles. The van der Waals surface area contributed by atoms with Gasteiger partial charge in [-0.2, -0.15) is 0 Å². The van der Waals surface area contributed by atoms with Crippen molar-refractivity contribution in [3.05, 3.63) is 52.9 Å². The second-order valence-corrected chi connectivity index (χ2v) is 7.99. The standard InChI is InChI=1S/C20H26N2O/c1-19(2)10-11-20(3,4)15-12-13(8-9-14(15)19)16-6-5-7-17(22-16)18(21)23/h5-7,10-11,13H,8-9,12H2,1-4H3,(H2,21,23). The molecule has 3 heteroatoms. The van der Waals surface area contributed by atoms with Crippen LogP contribution in [0.4, 0.5) is 0 Å². The van der Waals surface area contributed by atoms with Gasteiger partial charge in [-0.3, -0.25) is 4.79 Å². The van der Waals surface area contributed by atoms with Crippen LogP contribution >= 0.6 is 0 Å². The zero-order valence-electron chi connectivity index (χ0n) is 14.5. The lowest BCUT2D eigenvalue weighted by molar-refractivity contribution is 0.0995. The highest BCUT2D eigenvalue weighted by atomic mass is 16.1. The maximum atomic E-state index is 11.4. The van der Waals surface area contributed by atoms with Crippen LogP contribution in [0.25, 0.3) is 0 Å². The van der Waals surface area contributed by atoms with Crippen LogP contribution in [0.15, 0.2) is 41.5 Å². The zero-order valence-corrected chi connectivity index (χ0v) is 14.5. The fourth-order valence-corrected chi connectivity index (χ4v) is 3.99. The number of primary amides is 1. The van der Waals surface area contributed by atoms with Crippen molar-refractivity contribution in [1.82, 2.24) is 4.98 Å². The molecule has 3 nitrogen and oxygen atoms in total. The Balaban J connectivity index is 1.95. The molecule has 23 heavy (non-hydrogen) atoms. The number of allylic oxidation sites excluding steroid dienone is 4. The van der Waals surface area contributed by atoms with E-state index in [0.717, 1.165) is 25.0 Å². The predicted molar refractivity (Wildman–Crippen MR) is 93.1 cm³/mol. The van der Waals surface area contributed by atoms with E-state index in [4.69, 9.17) is 5.73 Å². The fraction of sp³-hybridized carbons (Fsp3) is 0.500. The molecule has 0 spiro atoms. The molecule has 0 radical (unpaired) electrons. The predicted octanol–water partition coefficient (Wildman–Crippen LogP) is 4.37. The van der Waals surface area contributed by atoms with E-state index in [1.165, 1.54) is 0 Å². The molecule has 1 unspecified atom stereocenters. The second kappa shape index (κ2) is 5.33. The molecule has 1 aromatic rings. The van der Waals surface area contributed by atoms with Gasteiger partial charge in [0.05, 0.1) is 0 Å². The van der Waals surface area contributed by atoms with Gasteiger partial charge in [0.1, 0.15) is 5.69 Å². The van der Waals surface area contributed by atoms with Crippen LogP contribution in [0.2, 0.25) is 0 Å². The summed E-state index contributed by atoms with van der Waals surface area (Å²) in [7, 11) is 0. The van der Waals surface area contributed by atoms with E-state index in [0.29, 0.717) is 11.6 Å². The average molecular weight is 310 g/mol. The first kappa shape index (κ1) is 16.0. The zero-order chi connectivity index (χ0) is 16.8. The van der Waals surface area contributed by atoms with Gasteiger partial charge in [0.2, 0.25) is 0 Å². The number of carbonyl (C=O) groups excluding carboxylic acids is 1. The third kappa shape index (κ3) is 2.85. The quantitative estimate of drug-likeness (QED) is 0.825. The van der Waals surface area contributed by atoms with Crippen LogP contribution in [-0.2, 0) is 0 Å². The number of hydrogen-bond acceptors (Lipinski definition) is 2. The Kier molecular flexibility index (Phi) is 3.70. The molecule has 2 N–H and O–H groups in total. The molecule has 3 rings (SSSR count). The van der Waals surface area contributed by atoms with Crippen molar-refractivity contribution in [3.8, 4) is 0 Å². The van der Waals surface area contributed by atoms with Crippen molar-refractivity contribution >= 4 is 5.91 Å². The summed E-state index contributed by atoms with van der Waals surface area (Å²) in [6.45, 7) is 9.20. The summed E-state index contributed by atoms with van der Waals surface area (Å²) in [5.41, 5.74) is 10.1. The first-order chi connectivity index (χ1) is 10.7. The SMILES string of the molecule is CC1(C)C=CC(C)(C)C2=C1CCC(c1cccc(C(N)=O)n1)C2. The lowest BCUT2D eigenvalue weighted by Gasteiger charge is -2.43. The van der Waals surface area contributed by atoms with Crippen LogP contribution in [0.1, 0.15) is 69.1 Å². The Morgan fingerprint density at radius 2 is 1.78 bits per heavy atom. The Hall–Kier alpha value is -1.90. The van der Waals surface area contributed by atoms with Crippen LogP contribution in [-0.4, -0.2) is 10.9 Å². The van der Waals surface area contributed by atoms with Crippen molar-refractivity contribution in [2.24, 2.45) is 16.6 Å². The summed E-state index contributed by atoms with van der Waals surface area (Å²) in [5.74, 6) is -0.0840. The normalized spacial score (nSPS) is 25.1. The first-order valence-electron chi connectivity index (χ1n) is 8.41. The average Bonchev–Trinajstić information content (AvgIpc) is 2.52. The molecule has 2 aliphatic carbocycles. The van der Waals surface area contributed by atoms with Gasteiger partial charge in [-0.25, -0.2) is 4.98 Å². The molecule has 0 aromatic carbocycles. The Morgan fingerprint density at radius 3 is 2.43 bits per heavy atom. The summed E-state index contributed by atoms with van der Waals surface area (Å²) in [6.07, 6.45) is 7.91. The van der Waals surface area contributed by atoms with E-state index in [1.54, 1.807) is 17.2 Å². The van der Waals surface area contributed by atoms with Crippen molar-refractivity contribution < 1.29 is 4.79 Å². The van der Waals surface area contributed by atoms with E-state index < -0.39 is 5.91 Å². The van der Waals surface area contributed by atoms with Crippen molar-refractivity contribution in [2.75, 3.05) is 0 Å². The monoisotopic (exact) mass is 310 g/mol. The highest BCUT2D eigenvalue weighted by molar-refractivity contribution is 5.90. The van der Waals surface area contributed by atoms with Gasteiger partial charge in [0.15, 0.2) is 0 Å². The molecule has 122 valence electrons. The largest absolute Gasteiger partial charge is 0.364 e. The summed E-state index contributed by atoms with van der Waals surface area (Å²) in [4.78, 5) is 15.9. The highest BCUT2D eigenvalue weighted by Gasteiger charge is 2.38. The lowest BCUT2D eigenvalue weighted by atomic mass is 9.61. The maximum absolute atomic E-state index is 11.4. The number of pyridine rings is 1. The minimum Gasteiger partial charge on any atom is -0.364 e. The molecule has 0 saturated carbocycles. The van der Waals surface area contributed by atoms with Gasteiger partial charge in [-0.05, 0) is 31.4 Å². The summed E-state index contributed by atoms with van der Waals surface area (Å²) < 4.78 is 0. The minimum atomic E-state index is -0.454. The summed E-state index contributed by atoms with van der Waals surface area (Å²) in [6, 6.07) is 5.61. The van der Waals surface area contributed by atoms with Crippen molar-refractivity contribution in [1.29, 1.82) is 0 Å². The third-order valence-electron chi connectivity index (χ3n) is 5.47. The molecule has 0 saturated heterocycles. The van der Waals surface area contributed by atoms with Gasteiger partial charge < -0.3 is 5.73 Å². The number of amides is 1. The Bertz CT molecular complexity index is 710. The second-order valence-electron chi connectivity index (χ2n) is 7.99. The Morgan fingerprint density at radius 1 is 1.13 bits per heavy atom. The molecular weight excluding hydrogens is 284 g/mol. The van der Waals surface area contributed by atoms with Crippen molar-refractivity contribution in [3.63, 3.8) is 0 Å². The molecule has 0 bridgehead atoms. The Labute approximate surface area is 138 Å². The van der Waals surface area contributed by atoms with E-state index in [-0.39, 0.29) is 10.8 Å². The van der Waals surface area contributed by atoms with E-state index in [2.05, 4.69) is 44.8 Å². The van der Waals surface area contributed by atoms with Gasteiger partial charge in [0.25, 0.3) is 5.91 Å². The molecule has 1 heterocycles. The summed E-state index contributed by atoms with van der Waals surface area (Å²) >= 11 is 0. The number of nitrogens with zero attached hydrogens (tertiary/aromatic N) is 1. The number of rotatable bonds is 2. The molecular formula is C20H26N2O. The molecule has 2 aliphatic rings. The van der Waals surface area contributed by atoms with Crippen LogP contribution in [0.3, 0.4) is 0 Å². The van der Waals surface area contributed by atoms with Gasteiger partial charge in [-0.15, -0.1) is 0 Å². The smallest absolute Gasteiger partial charge is 0.267 e. The van der Waals surface area contributed by atoms with E-state index >= 15 is 0 Å². The van der Waals surface area contributed by atoms with Crippen LogP contribution < -0.4 is 5.73 Å². The van der Waals surface area contributed by atoms with E-state index in [1.807, 2.05) is 12.1 Å². The van der Waals surface area contributed by atoms with E-state index in [9.17, 15) is 4.79 Å². The van der Waals surface area contributed by atoms with Gasteiger partial charge >= 0.3 is 0 Å². The van der Waals surface area contributed by atoms with Crippen LogP contribution in [0.5, 0.6) is 0 Å². The molecule has 0 fully saturated rings. The number of nitrogens with two attached hydrogens (primary N) is 1. The highest BCUT2D eigenvalue weighted by Crippen LogP contribution is 2.52. The summed E-state index contributed by atoms with van der Waals surface area (Å²) in [5, 5.41) is 0. The minimum absolute atomic E-state index is 0.102. The molecule has 1 amide bonds. The lowest BCUT2D eigenvalue weighted by Crippen LogP contribution is -2.30. The number of hydrogen-bond donors (Lipinski definition) is 1. The topological polar surface area (TPSA) is 56.0 Å². The van der Waals surface area contributed by atoms with Gasteiger partial charge in [-0.1, -0.05) is 57.1 Å². The third-order valence-corrected chi connectivity index (χ3v) is 5.47. The van der Waals surface area contributed by atoms with Crippen LogP contribution in [0, 0.1) is 10.8 Å². The fourth-order valence-electron chi connectivity index (χ4n) is 3.99. The number of aromatic nitrogens is 1. The molecule has 1 aromatic heterocycles. The number of carbonyl (C=O) groups is 1. The van der Waals surface area contributed by atoms with Crippen molar-refractivity contribution in [2.45, 2.75) is 52.9 Å².